The zero-order chi connectivity index (χ0) is 16.8. The number of hydrogen-bond donors (Lipinski definition) is 1. The highest BCUT2D eigenvalue weighted by molar-refractivity contribution is 6.13. The van der Waals surface area contributed by atoms with Crippen LogP contribution in [0.3, 0.4) is 0 Å². The van der Waals surface area contributed by atoms with Gasteiger partial charge in [0.1, 0.15) is 0 Å². The minimum absolute atomic E-state index is 0.188. The molecule has 0 aliphatic carbocycles. The van der Waals surface area contributed by atoms with Crippen LogP contribution in [0.2, 0.25) is 0 Å². The Morgan fingerprint density at radius 3 is 1.74 bits per heavy atom. The van der Waals surface area contributed by atoms with Gasteiger partial charge in [-0.15, -0.1) is 0 Å². The maximum atomic E-state index is 11.7. The van der Waals surface area contributed by atoms with E-state index in [1.165, 1.54) is 11.1 Å². The quantitative estimate of drug-likeness (QED) is 0.680. The molecule has 0 saturated heterocycles. The topological polar surface area (TPSA) is 50.7 Å². The predicted octanol–water partition coefficient (Wildman–Crippen LogP) is 4.19. The summed E-state index contributed by atoms with van der Waals surface area (Å²) < 4.78 is 5.05. The molecular formula is C19H22N2O2. The van der Waals surface area contributed by atoms with Crippen molar-refractivity contribution in [3.63, 3.8) is 0 Å². The van der Waals surface area contributed by atoms with Crippen LogP contribution in [0.15, 0.2) is 53.6 Å². The van der Waals surface area contributed by atoms with E-state index in [-0.39, 0.29) is 6.10 Å². The van der Waals surface area contributed by atoms with Crippen molar-refractivity contribution < 1.29 is 9.53 Å². The van der Waals surface area contributed by atoms with Crippen LogP contribution in [0.1, 0.15) is 36.1 Å². The monoisotopic (exact) mass is 310 g/mol. The molecule has 0 unspecified atom stereocenters. The molecule has 4 nitrogen and oxygen atoms in total. The Hall–Kier alpha value is -2.62. The molecule has 1 amide bonds. The first kappa shape index (κ1) is 16.7. The lowest BCUT2D eigenvalue weighted by molar-refractivity contribution is 0.116. The second kappa shape index (κ2) is 7.58. The Balaban J connectivity index is 2.33. The Morgan fingerprint density at radius 2 is 1.35 bits per heavy atom. The van der Waals surface area contributed by atoms with Gasteiger partial charge in [-0.25, -0.2) is 10.2 Å². The van der Waals surface area contributed by atoms with Crippen molar-refractivity contribution in [2.45, 2.75) is 33.8 Å². The average Bonchev–Trinajstić information content (AvgIpc) is 2.50. The summed E-state index contributed by atoms with van der Waals surface area (Å²) in [4.78, 5) is 11.7. The molecule has 2 aromatic carbocycles. The van der Waals surface area contributed by atoms with E-state index < -0.39 is 6.09 Å². The number of amides is 1. The van der Waals surface area contributed by atoms with Gasteiger partial charge in [-0.05, 0) is 27.7 Å². The minimum atomic E-state index is -0.559. The normalized spacial score (nSPS) is 10.3. The van der Waals surface area contributed by atoms with E-state index in [2.05, 4.69) is 10.5 Å². The molecule has 0 bridgehead atoms. The molecule has 0 aliphatic rings. The van der Waals surface area contributed by atoms with Crippen LogP contribution >= 0.6 is 0 Å². The number of aryl methyl sites for hydroxylation is 2. The van der Waals surface area contributed by atoms with Crippen molar-refractivity contribution >= 4 is 11.8 Å². The van der Waals surface area contributed by atoms with E-state index >= 15 is 0 Å². The van der Waals surface area contributed by atoms with Gasteiger partial charge < -0.3 is 4.74 Å². The number of carbonyl (C=O) groups excluding carboxylic acids is 1. The summed E-state index contributed by atoms with van der Waals surface area (Å²) in [5.74, 6) is 0. The fourth-order valence-electron chi connectivity index (χ4n) is 2.06. The minimum Gasteiger partial charge on any atom is -0.446 e. The summed E-state index contributed by atoms with van der Waals surface area (Å²) in [5.41, 5.74) is 7.38. The highest BCUT2D eigenvalue weighted by Gasteiger charge is 2.09. The van der Waals surface area contributed by atoms with Gasteiger partial charge in [0.25, 0.3) is 0 Å². The highest BCUT2D eigenvalue weighted by Crippen LogP contribution is 2.13. The zero-order valence-corrected chi connectivity index (χ0v) is 14.0. The maximum Gasteiger partial charge on any atom is 0.428 e. The molecule has 2 aromatic rings. The summed E-state index contributed by atoms with van der Waals surface area (Å²) in [7, 11) is 0. The van der Waals surface area contributed by atoms with Crippen molar-refractivity contribution in [2.24, 2.45) is 5.10 Å². The molecule has 4 heteroatoms. The third-order valence-electron chi connectivity index (χ3n) is 3.25. The molecule has 0 radical (unpaired) electrons. The summed E-state index contributed by atoms with van der Waals surface area (Å²) in [6.45, 7) is 7.66. The first-order valence-electron chi connectivity index (χ1n) is 7.64. The van der Waals surface area contributed by atoms with E-state index in [0.29, 0.717) is 5.71 Å². The molecule has 0 saturated carbocycles. The Kier molecular flexibility index (Phi) is 5.52. The van der Waals surface area contributed by atoms with Gasteiger partial charge in [0.15, 0.2) is 0 Å². The molecule has 0 aromatic heterocycles. The molecule has 0 heterocycles. The molecular weight excluding hydrogens is 288 g/mol. The molecule has 0 fully saturated rings. The number of benzene rings is 2. The van der Waals surface area contributed by atoms with Crippen molar-refractivity contribution in [1.82, 2.24) is 5.43 Å². The molecule has 23 heavy (non-hydrogen) atoms. The van der Waals surface area contributed by atoms with E-state index in [0.717, 1.165) is 11.1 Å². The number of rotatable bonds is 4. The summed E-state index contributed by atoms with van der Waals surface area (Å²) in [5, 5.41) is 4.27. The SMILES string of the molecule is Cc1ccc(C(=NNC(=O)OC(C)C)c2ccc(C)cc2)cc1. The number of hydrazone groups is 1. The summed E-state index contributed by atoms with van der Waals surface area (Å²) in [6, 6.07) is 16.0. The van der Waals surface area contributed by atoms with Crippen LogP contribution < -0.4 is 5.43 Å². The number of ether oxygens (including phenoxy) is 1. The van der Waals surface area contributed by atoms with Gasteiger partial charge >= 0.3 is 6.09 Å². The molecule has 0 atom stereocenters. The number of carbonyl (C=O) groups is 1. The first-order valence-corrected chi connectivity index (χ1v) is 7.64. The van der Waals surface area contributed by atoms with Crippen LogP contribution in [-0.2, 0) is 4.74 Å². The number of nitrogens with zero attached hydrogens (tertiary/aromatic N) is 1. The zero-order valence-electron chi connectivity index (χ0n) is 14.0. The van der Waals surface area contributed by atoms with E-state index in [4.69, 9.17) is 4.74 Å². The lowest BCUT2D eigenvalue weighted by Crippen LogP contribution is -2.24. The van der Waals surface area contributed by atoms with Gasteiger partial charge in [-0.2, -0.15) is 5.10 Å². The number of nitrogens with one attached hydrogen (secondary N) is 1. The highest BCUT2D eigenvalue weighted by atomic mass is 16.6. The van der Waals surface area contributed by atoms with Crippen LogP contribution in [0.4, 0.5) is 4.79 Å². The largest absolute Gasteiger partial charge is 0.446 e. The lowest BCUT2D eigenvalue weighted by atomic mass is 10.0. The van der Waals surface area contributed by atoms with E-state index in [1.807, 2.05) is 62.4 Å². The summed E-state index contributed by atoms with van der Waals surface area (Å²) in [6.07, 6.45) is -0.746. The van der Waals surface area contributed by atoms with Crippen molar-refractivity contribution in [3.8, 4) is 0 Å². The van der Waals surface area contributed by atoms with Crippen LogP contribution in [0.25, 0.3) is 0 Å². The maximum absolute atomic E-state index is 11.7. The van der Waals surface area contributed by atoms with Crippen molar-refractivity contribution in [1.29, 1.82) is 0 Å². The van der Waals surface area contributed by atoms with Crippen LogP contribution in [0, 0.1) is 13.8 Å². The number of hydrogen-bond acceptors (Lipinski definition) is 3. The van der Waals surface area contributed by atoms with Gasteiger partial charge in [0.05, 0.1) is 11.8 Å². The molecule has 1 N–H and O–H groups in total. The van der Waals surface area contributed by atoms with Gasteiger partial charge in [-0.1, -0.05) is 59.7 Å². The molecule has 0 spiro atoms. The third kappa shape index (κ3) is 4.95. The molecule has 120 valence electrons. The Morgan fingerprint density at radius 1 is 0.913 bits per heavy atom. The lowest BCUT2D eigenvalue weighted by Gasteiger charge is -2.10. The van der Waals surface area contributed by atoms with Gasteiger partial charge in [0, 0.05) is 11.1 Å². The predicted molar refractivity (Wildman–Crippen MR) is 92.7 cm³/mol. The van der Waals surface area contributed by atoms with Crippen LogP contribution in [0.5, 0.6) is 0 Å². The third-order valence-corrected chi connectivity index (χ3v) is 3.25. The fraction of sp³-hybridized carbons (Fsp3) is 0.263. The summed E-state index contributed by atoms with van der Waals surface area (Å²) >= 11 is 0. The van der Waals surface area contributed by atoms with E-state index in [9.17, 15) is 4.79 Å². The van der Waals surface area contributed by atoms with E-state index in [1.54, 1.807) is 13.8 Å². The Bertz CT molecular complexity index is 639. The van der Waals surface area contributed by atoms with Crippen molar-refractivity contribution in [3.05, 3.63) is 70.8 Å². The van der Waals surface area contributed by atoms with Crippen LogP contribution in [-0.4, -0.2) is 17.9 Å². The average molecular weight is 310 g/mol. The van der Waals surface area contributed by atoms with Crippen molar-refractivity contribution in [2.75, 3.05) is 0 Å². The van der Waals surface area contributed by atoms with Gasteiger partial charge in [0.2, 0.25) is 0 Å². The smallest absolute Gasteiger partial charge is 0.428 e. The fourth-order valence-corrected chi connectivity index (χ4v) is 2.06. The standard InChI is InChI=1S/C19H22N2O2/c1-13(2)23-19(22)21-20-18(16-9-5-14(3)6-10-16)17-11-7-15(4)8-12-17/h5-13H,1-4H3,(H,21,22). The molecule has 2 rings (SSSR count). The van der Waals surface area contributed by atoms with Gasteiger partial charge in [-0.3, -0.25) is 0 Å². The second-order valence-corrected chi connectivity index (χ2v) is 5.76. The second-order valence-electron chi connectivity index (χ2n) is 5.76. The Labute approximate surface area is 137 Å². The first-order chi connectivity index (χ1) is 11.0. The molecule has 0 aliphatic heterocycles.